The number of aromatic hydroxyl groups is 1. The number of phenols is 1. The van der Waals surface area contributed by atoms with Gasteiger partial charge in [0.05, 0.1) is 12.0 Å². The molecule has 1 N–H and O–H groups in total. The van der Waals surface area contributed by atoms with E-state index in [-0.39, 0.29) is 17.3 Å². The number of benzene rings is 3. The first-order valence-corrected chi connectivity index (χ1v) is 12.2. The van der Waals surface area contributed by atoms with Crippen molar-refractivity contribution in [3.63, 3.8) is 0 Å². The predicted octanol–water partition coefficient (Wildman–Crippen LogP) is 6.18. The molecular weight excluding hydrogens is 448 g/mol. The van der Waals surface area contributed by atoms with Gasteiger partial charge in [0.1, 0.15) is 0 Å². The Morgan fingerprint density at radius 1 is 1.00 bits per heavy atom. The lowest BCUT2D eigenvalue weighted by molar-refractivity contribution is -0.131. The third kappa shape index (κ3) is 3.53. The number of carbonyl (C=O) groups excluding carboxylic acids is 2. The van der Waals surface area contributed by atoms with E-state index in [1.807, 2.05) is 79.7 Å². The zero-order valence-electron chi connectivity index (χ0n) is 20.2. The van der Waals surface area contributed by atoms with Gasteiger partial charge >= 0.3 is 0 Å². The molecule has 0 aliphatic heterocycles. The second-order valence-electron chi connectivity index (χ2n) is 9.14. The molecule has 0 amide bonds. The lowest BCUT2D eigenvalue weighted by atomic mass is 9.50. The van der Waals surface area contributed by atoms with E-state index >= 15 is 0 Å². The number of ether oxygens (including phenoxy) is 1. The van der Waals surface area contributed by atoms with Crippen LogP contribution in [0.15, 0.2) is 109 Å². The molecule has 180 valence electrons. The Bertz CT molecular complexity index is 1380. The molecule has 0 aromatic heterocycles. The topological polar surface area (TPSA) is 63.6 Å². The van der Waals surface area contributed by atoms with Gasteiger partial charge in [0.15, 0.2) is 23.1 Å². The van der Waals surface area contributed by atoms with Crippen molar-refractivity contribution in [3.8, 4) is 11.5 Å². The molecule has 3 aromatic carbocycles. The molecule has 4 heteroatoms. The molecule has 0 radical (unpaired) electrons. The third-order valence-electron chi connectivity index (χ3n) is 7.41. The molecule has 0 unspecified atom stereocenters. The second-order valence-corrected chi connectivity index (χ2v) is 9.14. The van der Waals surface area contributed by atoms with E-state index in [1.54, 1.807) is 18.2 Å². The zero-order chi connectivity index (χ0) is 25.3. The number of allylic oxidation sites excluding steroid dienone is 5. The van der Waals surface area contributed by atoms with Gasteiger partial charge in [-0.3, -0.25) is 9.59 Å². The van der Waals surface area contributed by atoms with E-state index in [9.17, 15) is 14.7 Å². The monoisotopic (exact) mass is 476 g/mol. The van der Waals surface area contributed by atoms with Crippen molar-refractivity contribution in [2.24, 2.45) is 5.92 Å². The smallest absolute Gasteiger partial charge is 0.168 e. The number of fused-ring (bicyclic) bond motifs is 1. The van der Waals surface area contributed by atoms with Crippen LogP contribution < -0.4 is 4.74 Å². The fourth-order valence-electron chi connectivity index (χ4n) is 5.90. The highest BCUT2D eigenvalue weighted by Gasteiger charge is 2.59. The summed E-state index contributed by atoms with van der Waals surface area (Å²) in [4.78, 5) is 28.6. The lowest BCUT2D eigenvalue weighted by Gasteiger charge is -2.49. The van der Waals surface area contributed by atoms with Crippen LogP contribution in [0.4, 0.5) is 0 Å². The minimum absolute atomic E-state index is 0.0221. The van der Waals surface area contributed by atoms with Crippen LogP contribution in [0.1, 0.15) is 36.0 Å². The molecule has 2 aliphatic carbocycles. The quantitative estimate of drug-likeness (QED) is 0.461. The summed E-state index contributed by atoms with van der Waals surface area (Å²) in [6.45, 7) is 6.26. The number of hydrogen-bond donors (Lipinski definition) is 1. The molecule has 0 saturated heterocycles. The van der Waals surface area contributed by atoms with Crippen LogP contribution in [0.25, 0.3) is 5.57 Å². The normalized spacial score (nSPS) is 23.4. The zero-order valence-corrected chi connectivity index (χ0v) is 20.2. The van der Waals surface area contributed by atoms with Gasteiger partial charge in [-0.15, -0.1) is 0 Å². The number of ketones is 2. The summed E-state index contributed by atoms with van der Waals surface area (Å²) in [7, 11) is 0. The van der Waals surface area contributed by atoms with Gasteiger partial charge < -0.3 is 9.84 Å². The highest BCUT2D eigenvalue weighted by Crippen LogP contribution is 2.58. The van der Waals surface area contributed by atoms with Crippen LogP contribution in [0.3, 0.4) is 0 Å². The molecule has 36 heavy (non-hydrogen) atoms. The van der Waals surface area contributed by atoms with E-state index < -0.39 is 17.3 Å². The first-order valence-electron chi connectivity index (χ1n) is 12.2. The highest BCUT2D eigenvalue weighted by molar-refractivity contribution is 6.31. The summed E-state index contributed by atoms with van der Waals surface area (Å²) in [5.74, 6) is -1.17. The number of phenolic OH excluding ortho intramolecular Hbond substituents is 1. The Kier molecular flexibility index (Phi) is 6.19. The van der Waals surface area contributed by atoms with E-state index in [0.717, 1.165) is 16.7 Å². The lowest BCUT2D eigenvalue weighted by Crippen LogP contribution is -2.54. The standard InChI is InChI=1S/C32H28O4/c1-3-21-18-19-26-30(34)25(22-12-7-5-8-13-22)20-28(33)32(26,23-14-9-6-10-15-23)29(21)24-16-11-17-27(31(24)35)36-4-2/h3,5-18,20,26,29,35H,1,4,19H2,2H3/t26-,29+,32-/m0/s1. The SMILES string of the molecule is C=CC1=CC[C@H]2C(=O)C(c3ccccc3)=CC(=O)[C@@]2(c2ccccc2)[C@H]1c1cccc(OCC)c1O. The van der Waals surface area contributed by atoms with Crippen LogP contribution in [0.2, 0.25) is 0 Å². The number of hydrogen-bond acceptors (Lipinski definition) is 4. The molecule has 0 spiro atoms. The fraction of sp³-hybridized carbons (Fsp3) is 0.188. The minimum atomic E-state index is -1.24. The van der Waals surface area contributed by atoms with Gasteiger partial charge in [-0.2, -0.15) is 0 Å². The average molecular weight is 477 g/mol. The summed E-state index contributed by atoms with van der Waals surface area (Å²) in [5, 5.41) is 11.3. The first kappa shape index (κ1) is 23.6. The molecule has 2 aliphatic rings. The van der Waals surface area contributed by atoms with Gasteiger partial charge in [-0.05, 0) is 42.2 Å². The van der Waals surface area contributed by atoms with Crippen LogP contribution in [-0.2, 0) is 15.0 Å². The van der Waals surface area contributed by atoms with Gasteiger partial charge in [-0.1, -0.05) is 91.5 Å². The van der Waals surface area contributed by atoms with Gasteiger partial charge in [-0.25, -0.2) is 0 Å². The maximum Gasteiger partial charge on any atom is 0.168 e. The van der Waals surface area contributed by atoms with Crippen molar-refractivity contribution in [1.29, 1.82) is 0 Å². The summed E-state index contributed by atoms with van der Waals surface area (Å²) in [6, 6.07) is 24.1. The second kappa shape index (κ2) is 9.46. The number of Topliss-reactive ketones (excluding diaryl/α,β-unsaturated/α-hetero) is 1. The Morgan fingerprint density at radius 2 is 1.69 bits per heavy atom. The van der Waals surface area contributed by atoms with E-state index in [4.69, 9.17) is 4.74 Å². The van der Waals surface area contributed by atoms with Gasteiger partial charge in [0.2, 0.25) is 0 Å². The third-order valence-corrected chi connectivity index (χ3v) is 7.41. The molecule has 0 heterocycles. The van der Waals surface area contributed by atoms with Crippen LogP contribution >= 0.6 is 0 Å². The molecule has 0 saturated carbocycles. The summed E-state index contributed by atoms with van der Waals surface area (Å²) < 4.78 is 5.68. The summed E-state index contributed by atoms with van der Waals surface area (Å²) in [5.41, 5.74) is 2.01. The van der Waals surface area contributed by atoms with Crippen molar-refractivity contribution in [2.75, 3.05) is 6.61 Å². The molecule has 0 bridgehead atoms. The van der Waals surface area contributed by atoms with Crippen molar-refractivity contribution in [2.45, 2.75) is 24.7 Å². The molecule has 3 atom stereocenters. The van der Waals surface area contributed by atoms with Crippen molar-refractivity contribution >= 4 is 17.1 Å². The van der Waals surface area contributed by atoms with Gasteiger partial charge in [0, 0.05) is 23.0 Å². The van der Waals surface area contributed by atoms with Crippen LogP contribution in [-0.4, -0.2) is 23.3 Å². The maximum atomic E-state index is 14.4. The van der Waals surface area contributed by atoms with Gasteiger partial charge in [0.25, 0.3) is 0 Å². The van der Waals surface area contributed by atoms with Crippen molar-refractivity contribution in [1.82, 2.24) is 0 Å². The Balaban J connectivity index is 1.82. The van der Waals surface area contributed by atoms with E-state index in [1.165, 1.54) is 6.08 Å². The first-order chi connectivity index (χ1) is 17.5. The van der Waals surface area contributed by atoms with Crippen molar-refractivity contribution in [3.05, 3.63) is 126 Å². The summed E-state index contributed by atoms with van der Waals surface area (Å²) in [6.07, 6.45) is 5.61. The Labute approximate surface area is 211 Å². The molecule has 4 nitrogen and oxygen atoms in total. The summed E-state index contributed by atoms with van der Waals surface area (Å²) >= 11 is 0. The van der Waals surface area contributed by atoms with E-state index in [2.05, 4.69) is 6.58 Å². The average Bonchev–Trinajstić information content (AvgIpc) is 2.92. The van der Waals surface area contributed by atoms with Crippen molar-refractivity contribution < 1.29 is 19.4 Å². The number of carbonyl (C=O) groups is 2. The molecule has 5 rings (SSSR count). The fourth-order valence-corrected chi connectivity index (χ4v) is 5.90. The van der Waals surface area contributed by atoms with Crippen LogP contribution in [0.5, 0.6) is 11.5 Å². The maximum absolute atomic E-state index is 14.4. The highest BCUT2D eigenvalue weighted by atomic mass is 16.5. The Hall–Kier alpha value is -4.18. The Morgan fingerprint density at radius 3 is 2.36 bits per heavy atom. The van der Waals surface area contributed by atoms with Crippen LogP contribution in [0, 0.1) is 5.92 Å². The largest absolute Gasteiger partial charge is 0.504 e. The molecule has 0 fully saturated rings. The minimum Gasteiger partial charge on any atom is -0.504 e. The predicted molar refractivity (Wildman–Crippen MR) is 141 cm³/mol. The van der Waals surface area contributed by atoms with E-state index in [0.29, 0.717) is 29.9 Å². The molecular formula is C32H28O4. The number of rotatable bonds is 6. The molecule has 3 aromatic rings. The number of para-hydroxylation sites is 1.